The van der Waals surface area contributed by atoms with Crippen molar-refractivity contribution >= 4 is 11.9 Å². The van der Waals surface area contributed by atoms with Crippen LogP contribution in [0.1, 0.15) is 43.1 Å². The van der Waals surface area contributed by atoms with Crippen molar-refractivity contribution in [1.82, 2.24) is 5.32 Å². The zero-order valence-corrected chi connectivity index (χ0v) is 11.5. The van der Waals surface area contributed by atoms with Crippen LogP contribution in [-0.2, 0) is 11.2 Å². The van der Waals surface area contributed by atoms with Gasteiger partial charge in [-0.25, -0.2) is 4.79 Å². The molecule has 1 aromatic carbocycles. The lowest BCUT2D eigenvalue weighted by Gasteiger charge is -2.26. The molecule has 0 heterocycles. The molecule has 1 amide bonds. The van der Waals surface area contributed by atoms with Crippen LogP contribution in [0.4, 0.5) is 4.79 Å². The normalized spacial score (nSPS) is 18.7. The lowest BCUT2D eigenvalue weighted by molar-refractivity contribution is 0.0486. The summed E-state index contributed by atoms with van der Waals surface area (Å²) >= 11 is 0. The highest BCUT2D eigenvalue weighted by atomic mass is 16.6. The lowest BCUT2D eigenvalue weighted by atomic mass is 9.87. The van der Waals surface area contributed by atoms with Gasteiger partial charge in [-0.3, -0.25) is 4.79 Å². The molecule has 0 bridgehead atoms. The molecule has 0 aliphatic heterocycles. The molecular weight excluding hydrogens is 242 g/mol. The van der Waals surface area contributed by atoms with E-state index in [4.69, 9.17) is 4.74 Å². The van der Waals surface area contributed by atoms with E-state index in [0.717, 1.165) is 12.0 Å². The number of hydrogen-bond acceptors (Lipinski definition) is 3. The number of hydrogen-bond donors (Lipinski definition) is 1. The van der Waals surface area contributed by atoms with Crippen molar-refractivity contribution in [2.45, 2.75) is 45.3 Å². The average molecular weight is 261 g/mol. The molecular formula is C15H19NO3. The first-order chi connectivity index (χ1) is 8.87. The van der Waals surface area contributed by atoms with Crippen molar-refractivity contribution in [2.75, 3.05) is 0 Å². The smallest absolute Gasteiger partial charge is 0.408 e. The molecule has 0 saturated heterocycles. The standard InChI is InChI=1S/C15H19NO3/c1-15(2,3)19-14(18)16-12-9-8-10-6-4-5-7-11(10)13(12)17/h4-7,12H,8-9H2,1-3H3,(H,16,18)/t12-/m1/s1. The van der Waals surface area contributed by atoms with Crippen molar-refractivity contribution in [3.63, 3.8) is 0 Å². The topological polar surface area (TPSA) is 55.4 Å². The van der Waals surface area contributed by atoms with Gasteiger partial charge in [-0.15, -0.1) is 0 Å². The monoisotopic (exact) mass is 261 g/mol. The van der Waals surface area contributed by atoms with Crippen molar-refractivity contribution in [2.24, 2.45) is 0 Å². The maximum atomic E-state index is 12.2. The highest BCUT2D eigenvalue weighted by molar-refractivity contribution is 6.03. The van der Waals surface area contributed by atoms with Crippen molar-refractivity contribution in [3.05, 3.63) is 35.4 Å². The highest BCUT2D eigenvalue weighted by Crippen LogP contribution is 2.21. The van der Waals surface area contributed by atoms with Gasteiger partial charge in [-0.1, -0.05) is 24.3 Å². The van der Waals surface area contributed by atoms with Crippen LogP contribution in [-0.4, -0.2) is 23.5 Å². The molecule has 1 aliphatic carbocycles. The fraction of sp³-hybridized carbons (Fsp3) is 0.467. The van der Waals surface area contributed by atoms with Gasteiger partial charge < -0.3 is 10.1 Å². The molecule has 19 heavy (non-hydrogen) atoms. The van der Waals surface area contributed by atoms with Gasteiger partial charge in [-0.2, -0.15) is 0 Å². The van der Waals surface area contributed by atoms with Gasteiger partial charge >= 0.3 is 6.09 Å². The van der Waals surface area contributed by atoms with Crippen molar-refractivity contribution in [1.29, 1.82) is 0 Å². The molecule has 1 N–H and O–H groups in total. The summed E-state index contributed by atoms with van der Waals surface area (Å²) in [7, 11) is 0. The number of Topliss-reactive ketones (excluding diaryl/α,β-unsaturated/α-hetero) is 1. The number of benzene rings is 1. The molecule has 0 radical (unpaired) electrons. The number of aryl methyl sites for hydroxylation is 1. The SMILES string of the molecule is CC(C)(C)OC(=O)N[C@@H]1CCc2ccccc2C1=O. The first-order valence-corrected chi connectivity index (χ1v) is 6.48. The van der Waals surface area contributed by atoms with Crippen LogP contribution in [0.15, 0.2) is 24.3 Å². The predicted molar refractivity (Wildman–Crippen MR) is 72.3 cm³/mol. The van der Waals surface area contributed by atoms with E-state index < -0.39 is 17.7 Å². The molecule has 1 atom stereocenters. The zero-order chi connectivity index (χ0) is 14.0. The second-order valence-electron chi connectivity index (χ2n) is 5.76. The molecule has 0 saturated carbocycles. The van der Waals surface area contributed by atoms with Gasteiger partial charge in [0.05, 0.1) is 6.04 Å². The fourth-order valence-corrected chi connectivity index (χ4v) is 2.18. The number of amides is 1. The van der Waals surface area contributed by atoms with Crippen LogP contribution in [0.25, 0.3) is 0 Å². The van der Waals surface area contributed by atoms with Crippen LogP contribution >= 0.6 is 0 Å². The predicted octanol–water partition coefficient (Wildman–Crippen LogP) is 2.71. The Kier molecular flexibility index (Phi) is 3.60. The molecule has 0 fully saturated rings. The Morgan fingerprint density at radius 3 is 2.68 bits per heavy atom. The summed E-state index contributed by atoms with van der Waals surface area (Å²) in [6.45, 7) is 5.39. The maximum Gasteiger partial charge on any atom is 0.408 e. The van der Waals surface area contributed by atoms with E-state index in [1.54, 1.807) is 26.8 Å². The number of ether oxygens (including phenoxy) is 1. The van der Waals surface area contributed by atoms with Crippen molar-refractivity contribution < 1.29 is 14.3 Å². The second-order valence-corrected chi connectivity index (χ2v) is 5.76. The van der Waals surface area contributed by atoms with Crippen LogP contribution < -0.4 is 5.32 Å². The molecule has 2 rings (SSSR count). The third kappa shape index (κ3) is 3.34. The summed E-state index contributed by atoms with van der Waals surface area (Å²) < 4.78 is 5.17. The zero-order valence-electron chi connectivity index (χ0n) is 11.5. The molecule has 4 heteroatoms. The summed E-state index contributed by atoms with van der Waals surface area (Å²) in [6, 6.07) is 7.04. The van der Waals surface area contributed by atoms with Gasteiger partial charge in [0.2, 0.25) is 0 Å². The Balaban J connectivity index is 2.05. The minimum Gasteiger partial charge on any atom is -0.444 e. The summed E-state index contributed by atoms with van der Waals surface area (Å²) in [5, 5.41) is 2.66. The molecule has 0 aromatic heterocycles. The van der Waals surface area contributed by atoms with Gasteiger partial charge in [-0.05, 0) is 39.2 Å². The number of alkyl carbamates (subject to hydrolysis) is 1. The average Bonchev–Trinajstić information content (AvgIpc) is 2.31. The minimum atomic E-state index is -0.556. The van der Waals surface area contributed by atoms with E-state index in [1.807, 2.05) is 18.2 Å². The Bertz CT molecular complexity index is 502. The number of carbonyl (C=O) groups is 2. The summed E-state index contributed by atoms with van der Waals surface area (Å²) in [4.78, 5) is 23.9. The quantitative estimate of drug-likeness (QED) is 0.845. The van der Waals surface area contributed by atoms with E-state index >= 15 is 0 Å². The third-order valence-corrected chi connectivity index (χ3v) is 2.99. The molecule has 1 aromatic rings. The summed E-state index contributed by atoms with van der Waals surface area (Å²) in [6.07, 6.45) is 0.877. The molecule has 4 nitrogen and oxygen atoms in total. The van der Waals surface area contributed by atoms with Gasteiger partial charge in [0, 0.05) is 5.56 Å². The van der Waals surface area contributed by atoms with E-state index in [1.165, 1.54) is 0 Å². The highest BCUT2D eigenvalue weighted by Gasteiger charge is 2.29. The molecule has 0 spiro atoms. The van der Waals surface area contributed by atoms with Gasteiger partial charge in [0.15, 0.2) is 5.78 Å². The fourth-order valence-electron chi connectivity index (χ4n) is 2.18. The third-order valence-electron chi connectivity index (χ3n) is 2.99. The minimum absolute atomic E-state index is 0.0345. The number of fused-ring (bicyclic) bond motifs is 1. The first-order valence-electron chi connectivity index (χ1n) is 6.48. The summed E-state index contributed by atoms with van der Waals surface area (Å²) in [5.74, 6) is -0.0345. The Hall–Kier alpha value is -1.84. The molecule has 1 aliphatic rings. The van der Waals surface area contributed by atoms with E-state index in [2.05, 4.69) is 5.32 Å². The molecule has 0 unspecified atom stereocenters. The Morgan fingerprint density at radius 2 is 2.00 bits per heavy atom. The van der Waals surface area contributed by atoms with Gasteiger partial charge in [0.1, 0.15) is 5.60 Å². The van der Waals surface area contributed by atoms with Crippen LogP contribution in [0.3, 0.4) is 0 Å². The van der Waals surface area contributed by atoms with Crippen molar-refractivity contribution in [3.8, 4) is 0 Å². The van der Waals surface area contributed by atoms with Crippen LogP contribution in [0.2, 0.25) is 0 Å². The lowest BCUT2D eigenvalue weighted by Crippen LogP contribution is -2.45. The van der Waals surface area contributed by atoms with E-state index in [0.29, 0.717) is 12.0 Å². The number of ketones is 1. The van der Waals surface area contributed by atoms with Crippen LogP contribution in [0.5, 0.6) is 0 Å². The second kappa shape index (κ2) is 5.03. The largest absolute Gasteiger partial charge is 0.444 e. The number of nitrogens with one attached hydrogen (secondary N) is 1. The molecule has 102 valence electrons. The summed E-state index contributed by atoms with van der Waals surface area (Å²) in [5.41, 5.74) is 1.20. The Morgan fingerprint density at radius 1 is 1.32 bits per heavy atom. The van der Waals surface area contributed by atoms with Gasteiger partial charge in [0.25, 0.3) is 0 Å². The van der Waals surface area contributed by atoms with E-state index in [-0.39, 0.29) is 5.78 Å². The number of rotatable bonds is 1. The maximum absolute atomic E-state index is 12.2. The number of carbonyl (C=O) groups excluding carboxylic acids is 2. The van der Waals surface area contributed by atoms with Crippen LogP contribution in [0, 0.1) is 0 Å². The Labute approximate surface area is 113 Å². The first kappa shape index (κ1) is 13.6. The van der Waals surface area contributed by atoms with E-state index in [9.17, 15) is 9.59 Å².